The predicted octanol–water partition coefficient (Wildman–Crippen LogP) is 5.20. The van der Waals surface area contributed by atoms with Crippen LogP contribution in [0.4, 0.5) is 30.7 Å². The summed E-state index contributed by atoms with van der Waals surface area (Å²) in [5, 5.41) is 0. The summed E-state index contributed by atoms with van der Waals surface area (Å²) in [5.41, 5.74) is 0. The van der Waals surface area contributed by atoms with Gasteiger partial charge in [-0.3, -0.25) is 0 Å². The minimum Gasteiger partial charge on any atom is -0.199 e. The Morgan fingerprint density at radius 3 is 1.82 bits per heavy atom. The molecule has 0 radical (unpaired) electrons. The first-order chi connectivity index (χ1) is 7.45. The Bertz CT molecular complexity index is 236. The molecule has 8 heteroatoms. The molecule has 0 aromatic heterocycles. The third kappa shape index (κ3) is 4.44. The van der Waals surface area contributed by atoms with Crippen molar-refractivity contribution in [3.63, 3.8) is 0 Å². The molecule has 0 N–H and O–H groups in total. The second-order valence-electron chi connectivity index (χ2n) is 3.72. The van der Waals surface area contributed by atoms with Gasteiger partial charge < -0.3 is 0 Å². The molecular formula is C9H12F7I. The number of hydrogen-bond donors (Lipinski definition) is 0. The van der Waals surface area contributed by atoms with Gasteiger partial charge in [0, 0.05) is 10.3 Å². The average Bonchev–Trinajstić information content (AvgIpc) is 2.11. The first-order valence-electron chi connectivity index (χ1n) is 4.92. The fourth-order valence-electron chi connectivity index (χ4n) is 1.14. The van der Waals surface area contributed by atoms with E-state index in [0.717, 1.165) is 0 Å². The van der Waals surface area contributed by atoms with Gasteiger partial charge in [-0.25, -0.2) is 0 Å². The lowest BCUT2D eigenvalue weighted by atomic mass is 10.0. The van der Waals surface area contributed by atoms with E-state index in [-0.39, 0.29) is 6.42 Å². The average molecular weight is 380 g/mol. The zero-order valence-corrected chi connectivity index (χ0v) is 11.1. The topological polar surface area (TPSA) is 0 Å². The van der Waals surface area contributed by atoms with E-state index in [1.807, 2.05) is 0 Å². The quantitative estimate of drug-likeness (QED) is 0.338. The zero-order chi connectivity index (χ0) is 13.9. The largest absolute Gasteiger partial charge is 0.459 e. The van der Waals surface area contributed by atoms with E-state index in [2.05, 4.69) is 0 Å². The predicted molar refractivity (Wildman–Crippen MR) is 57.9 cm³/mol. The van der Waals surface area contributed by atoms with E-state index in [0.29, 0.717) is 12.8 Å². The summed E-state index contributed by atoms with van der Waals surface area (Å²) in [6.07, 6.45) is -6.32. The van der Waals surface area contributed by atoms with Crippen LogP contribution < -0.4 is 0 Å². The van der Waals surface area contributed by atoms with Crippen molar-refractivity contribution in [3.05, 3.63) is 0 Å². The molecule has 0 bridgehead atoms. The Hall–Kier alpha value is 0.240. The molecule has 104 valence electrons. The maximum Gasteiger partial charge on any atom is 0.459 e. The Morgan fingerprint density at radius 2 is 1.47 bits per heavy atom. The van der Waals surface area contributed by atoms with E-state index < -0.39 is 28.4 Å². The van der Waals surface area contributed by atoms with Crippen LogP contribution in [0.5, 0.6) is 0 Å². The highest BCUT2D eigenvalue weighted by Gasteiger charge is 2.72. The Balaban J connectivity index is 4.67. The minimum absolute atomic E-state index is 0.195. The van der Waals surface area contributed by atoms with Crippen molar-refractivity contribution in [1.29, 1.82) is 0 Å². The summed E-state index contributed by atoms with van der Waals surface area (Å²) in [4.78, 5) is 0. The molecule has 0 spiro atoms. The fourth-order valence-corrected chi connectivity index (χ4v) is 2.13. The SMILES string of the molecule is CCCCC(I)CC(F)(F)C(F)(F)C(F)(F)F. The number of hydrogen-bond acceptors (Lipinski definition) is 0. The number of rotatable bonds is 6. The van der Waals surface area contributed by atoms with E-state index in [4.69, 9.17) is 0 Å². The molecule has 0 amide bonds. The van der Waals surface area contributed by atoms with Crippen molar-refractivity contribution >= 4 is 22.6 Å². The molecule has 0 fully saturated rings. The van der Waals surface area contributed by atoms with Gasteiger partial charge in [-0.15, -0.1) is 0 Å². The smallest absolute Gasteiger partial charge is 0.199 e. The molecule has 1 unspecified atom stereocenters. The summed E-state index contributed by atoms with van der Waals surface area (Å²) < 4.78 is 85.3. The van der Waals surface area contributed by atoms with Crippen LogP contribution in [0, 0.1) is 0 Å². The van der Waals surface area contributed by atoms with Crippen molar-refractivity contribution in [2.45, 2.75) is 54.6 Å². The molecule has 1 atom stereocenters. The molecule has 0 saturated carbocycles. The second-order valence-corrected chi connectivity index (χ2v) is 5.48. The zero-order valence-electron chi connectivity index (χ0n) is 8.93. The van der Waals surface area contributed by atoms with Crippen molar-refractivity contribution in [1.82, 2.24) is 0 Å². The van der Waals surface area contributed by atoms with Gasteiger partial charge in [0.05, 0.1) is 0 Å². The maximum atomic E-state index is 12.9. The van der Waals surface area contributed by atoms with Gasteiger partial charge in [0.15, 0.2) is 0 Å². The van der Waals surface area contributed by atoms with Crippen molar-refractivity contribution in [2.75, 3.05) is 0 Å². The molecule has 0 aromatic carbocycles. The second kappa shape index (κ2) is 5.92. The highest BCUT2D eigenvalue weighted by atomic mass is 127. The monoisotopic (exact) mass is 380 g/mol. The van der Waals surface area contributed by atoms with Gasteiger partial charge in [-0.05, 0) is 6.42 Å². The van der Waals surface area contributed by atoms with E-state index >= 15 is 0 Å². The molecule has 0 heterocycles. The maximum absolute atomic E-state index is 12.9. The summed E-state index contributed by atoms with van der Waals surface area (Å²) in [7, 11) is 0. The van der Waals surface area contributed by atoms with Crippen LogP contribution in [0.15, 0.2) is 0 Å². The Morgan fingerprint density at radius 1 is 1.00 bits per heavy atom. The van der Waals surface area contributed by atoms with Gasteiger partial charge >= 0.3 is 18.0 Å². The van der Waals surface area contributed by atoms with E-state index in [9.17, 15) is 30.7 Å². The standard InChI is InChI=1S/C9H12F7I/c1-2-3-4-6(17)5-7(10,11)8(12,13)9(14,15)16/h6H,2-5H2,1H3. The van der Waals surface area contributed by atoms with Gasteiger partial charge in [0.1, 0.15) is 0 Å². The fraction of sp³-hybridized carbons (Fsp3) is 1.00. The third-order valence-corrected chi connectivity index (χ3v) is 3.23. The van der Waals surface area contributed by atoms with E-state index in [1.54, 1.807) is 6.92 Å². The normalized spacial score (nSPS) is 16.1. The molecule has 17 heavy (non-hydrogen) atoms. The van der Waals surface area contributed by atoms with Crippen molar-refractivity contribution in [2.24, 2.45) is 0 Å². The lowest BCUT2D eigenvalue weighted by molar-refractivity contribution is -0.355. The van der Waals surface area contributed by atoms with Crippen LogP contribution in [0.3, 0.4) is 0 Å². The number of halogens is 8. The van der Waals surface area contributed by atoms with Crippen molar-refractivity contribution < 1.29 is 30.7 Å². The van der Waals surface area contributed by atoms with Crippen molar-refractivity contribution in [3.8, 4) is 0 Å². The van der Waals surface area contributed by atoms with E-state index in [1.165, 1.54) is 22.6 Å². The van der Waals surface area contributed by atoms with Crippen LogP contribution in [0.25, 0.3) is 0 Å². The van der Waals surface area contributed by atoms with Crippen LogP contribution in [0.2, 0.25) is 0 Å². The number of alkyl halides is 8. The summed E-state index contributed by atoms with van der Waals surface area (Å²) in [6, 6.07) is 0. The lowest BCUT2D eigenvalue weighted by Gasteiger charge is -2.29. The van der Waals surface area contributed by atoms with Gasteiger partial charge in [0.25, 0.3) is 0 Å². The molecule has 0 saturated heterocycles. The molecule has 0 aliphatic rings. The first-order valence-corrected chi connectivity index (χ1v) is 6.16. The molecule has 0 rings (SSSR count). The van der Waals surface area contributed by atoms with Gasteiger partial charge in [-0.1, -0.05) is 42.4 Å². The molecule has 0 aromatic rings. The summed E-state index contributed by atoms with van der Waals surface area (Å²) in [6.45, 7) is 1.77. The van der Waals surface area contributed by atoms with Crippen LogP contribution >= 0.6 is 22.6 Å². The molecular weight excluding hydrogens is 368 g/mol. The summed E-state index contributed by atoms with van der Waals surface area (Å²) in [5.74, 6) is -11.0. The Kier molecular flexibility index (Phi) is 6.00. The molecule has 0 aliphatic carbocycles. The van der Waals surface area contributed by atoms with Crippen LogP contribution in [0.1, 0.15) is 32.6 Å². The van der Waals surface area contributed by atoms with Gasteiger partial charge in [-0.2, -0.15) is 30.7 Å². The molecule has 0 aliphatic heterocycles. The highest BCUT2D eigenvalue weighted by Crippen LogP contribution is 2.49. The van der Waals surface area contributed by atoms with Gasteiger partial charge in [0.2, 0.25) is 0 Å². The third-order valence-electron chi connectivity index (χ3n) is 2.16. The minimum atomic E-state index is -6.22. The first kappa shape index (κ1) is 17.2. The number of unbranched alkanes of at least 4 members (excludes halogenated alkanes) is 1. The summed E-state index contributed by atoms with van der Waals surface area (Å²) >= 11 is 1.48. The van der Waals surface area contributed by atoms with Crippen LogP contribution in [-0.4, -0.2) is 21.9 Å². The van der Waals surface area contributed by atoms with Crippen LogP contribution in [-0.2, 0) is 0 Å². The lowest BCUT2D eigenvalue weighted by Crippen LogP contribution is -2.52. The highest BCUT2D eigenvalue weighted by molar-refractivity contribution is 14.1. The Labute approximate surface area is 108 Å². The molecule has 0 nitrogen and oxygen atoms in total.